The van der Waals surface area contributed by atoms with E-state index in [1.807, 2.05) is 48.2 Å². The van der Waals surface area contributed by atoms with Crippen molar-refractivity contribution in [2.24, 2.45) is 5.92 Å². The Hall–Kier alpha value is -2.61. The zero-order valence-electron chi connectivity index (χ0n) is 21.1. The summed E-state index contributed by atoms with van der Waals surface area (Å²) in [6.07, 6.45) is 3.82. The number of amides is 1. The quantitative estimate of drug-likeness (QED) is 0.212. The van der Waals surface area contributed by atoms with Gasteiger partial charge in [-0.3, -0.25) is 14.2 Å². The number of carbonyl (C=O) groups excluding carboxylic acids is 1. The lowest BCUT2D eigenvalue weighted by atomic mass is 9.89. The number of hydrogen-bond acceptors (Lipinski definition) is 5. The highest BCUT2D eigenvalue weighted by Crippen LogP contribution is 2.38. The fourth-order valence-electron chi connectivity index (χ4n) is 5.56. The van der Waals surface area contributed by atoms with Crippen LogP contribution in [0.15, 0.2) is 52.4 Å². The van der Waals surface area contributed by atoms with Gasteiger partial charge in [-0.05, 0) is 80.3 Å². The van der Waals surface area contributed by atoms with Crippen LogP contribution in [0.4, 0.5) is 5.69 Å². The summed E-state index contributed by atoms with van der Waals surface area (Å²) < 4.78 is 1.65. The summed E-state index contributed by atoms with van der Waals surface area (Å²) in [5, 5.41) is 1.85. The van der Waals surface area contributed by atoms with E-state index in [0.29, 0.717) is 21.8 Å². The molecule has 0 radical (unpaired) electrons. The minimum Gasteiger partial charge on any atom is -0.308 e. The molecule has 2 aromatic carbocycles. The lowest BCUT2D eigenvalue weighted by Gasteiger charge is -2.23. The molecule has 1 aliphatic carbocycles. The molecule has 0 unspecified atom stereocenters. The molecule has 2 aliphatic rings. The minimum atomic E-state index is -0.0770. The number of para-hydroxylation sites is 1. The standard InChI is InChI=1S/C29H28ClN3O2S2/c1-16-8-11-21-24(12-16)37-27-26(21)28(35)33(20-10-9-17(2)22(30)14-20)29(31-27)36-15-25(34)32-18(3)13-19-6-4-5-7-23(19)32/h4-7,9-10,14,16,18H,8,11-13,15H2,1-3H3/t16-,18-/m0/s1. The summed E-state index contributed by atoms with van der Waals surface area (Å²) in [5.41, 5.74) is 4.86. The Morgan fingerprint density at radius 2 is 2.00 bits per heavy atom. The van der Waals surface area contributed by atoms with Gasteiger partial charge >= 0.3 is 0 Å². The van der Waals surface area contributed by atoms with Gasteiger partial charge in [0.15, 0.2) is 5.16 Å². The molecule has 37 heavy (non-hydrogen) atoms. The molecule has 8 heteroatoms. The third-order valence-corrected chi connectivity index (χ3v) is 9.99. The number of carbonyl (C=O) groups is 1. The van der Waals surface area contributed by atoms with Gasteiger partial charge in [-0.15, -0.1) is 11.3 Å². The Kier molecular flexibility index (Phi) is 6.42. The Labute approximate surface area is 229 Å². The van der Waals surface area contributed by atoms with Crippen LogP contribution in [0.25, 0.3) is 15.9 Å². The third kappa shape index (κ3) is 4.31. The fourth-order valence-corrected chi connectivity index (χ4v) is 8.03. The van der Waals surface area contributed by atoms with Crippen LogP contribution in [0, 0.1) is 12.8 Å². The molecule has 0 fully saturated rings. The molecule has 1 aliphatic heterocycles. The summed E-state index contributed by atoms with van der Waals surface area (Å²) in [6.45, 7) is 6.28. The van der Waals surface area contributed by atoms with Crippen LogP contribution in [0.2, 0.25) is 5.02 Å². The van der Waals surface area contributed by atoms with Crippen molar-refractivity contribution in [2.45, 2.75) is 57.7 Å². The Morgan fingerprint density at radius 3 is 2.81 bits per heavy atom. The van der Waals surface area contributed by atoms with Crippen molar-refractivity contribution in [1.82, 2.24) is 9.55 Å². The average molecular weight is 550 g/mol. The number of nitrogens with zero attached hydrogens (tertiary/aromatic N) is 3. The largest absolute Gasteiger partial charge is 0.308 e. The second-order valence-electron chi connectivity index (χ2n) is 10.2. The SMILES string of the molecule is Cc1ccc(-n2c(SCC(=O)N3c4ccccc4C[C@@H]3C)nc3sc4c(c3c2=O)CC[C@H](C)C4)cc1Cl. The van der Waals surface area contributed by atoms with E-state index in [4.69, 9.17) is 16.6 Å². The van der Waals surface area contributed by atoms with Crippen molar-refractivity contribution in [3.8, 4) is 5.69 Å². The van der Waals surface area contributed by atoms with Gasteiger partial charge in [-0.25, -0.2) is 4.98 Å². The molecule has 2 aromatic heterocycles. The normalized spacial score (nSPS) is 18.8. The van der Waals surface area contributed by atoms with Crippen molar-refractivity contribution in [1.29, 1.82) is 0 Å². The van der Waals surface area contributed by atoms with Crippen molar-refractivity contribution in [3.63, 3.8) is 0 Å². The first-order valence-corrected chi connectivity index (χ1v) is 14.9. The van der Waals surface area contributed by atoms with Gasteiger partial charge in [-0.2, -0.15) is 0 Å². The number of aryl methyl sites for hydroxylation is 2. The lowest BCUT2D eigenvalue weighted by molar-refractivity contribution is -0.116. The maximum Gasteiger partial charge on any atom is 0.267 e. The van der Waals surface area contributed by atoms with Gasteiger partial charge in [0.1, 0.15) is 4.83 Å². The van der Waals surface area contributed by atoms with E-state index >= 15 is 0 Å². The number of fused-ring (bicyclic) bond motifs is 4. The topological polar surface area (TPSA) is 55.2 Å². The van der Waals surface area contributed by atoms with Crippen molar-refractivity contribution >= 4 is 56.5 Å². The number of anilines is 1. The molecular weight excluding hydrogens is 522 g/mol. The molecule has 0 bridgehead atoms. The van der Waals surface area contributed by atoms with E-state index in [0.717, 1.165) is 52.7 Å². The number of aromatic nitrogens is 2. The summed E-state index contributed by atoms with van der Waals surface area (Å²) in [5.74, 6) is 0.818. The van der Waals surface area contributed by atoms with E-state index in [-0.39, 0.29) is 23.3 Å². The first kappa shape index (κ1) is 24.7. The minimum absolute atomic E-state index is 0.0181. The maximum absolute atomic E-state index is 14.1. The van der Waals surface area contributed by atoms with Gasteiger partial charge in [0.2, 0.25) is 5.91 Å². The Balaban J connectivity index is 1.42. The molecule has 0 N–H and O–H groups in total. The highest BCUT2D eigenvalue weighted by atomic mass is 35.5. The number of thioether (sulfide) groups is 1. The van der Waals surface area contributed by atoms with E-state index in [2.05, 4.69) is 19.9 Å². The van der Waals surface area contributed by atoms with Crippen LogP contribution in [0.3, 0.4) is 0 Å². The molecule has 0 spiro atoms. The second kappa shape index (κ2) is 9.61. The van der Waals surface area contributed by atoms with Gasteiger partial charge in [0.05, 0.1) is 16.8 Å². The van der Waals surface area contributed by atoms with Crippen LogP contribution in [-0.4, -0.2) is 27.3 Å². The van der Waals surface area contributed by atoms with Gasteiger partial charge in [0, 0.05) is 21.6 Å². The van der Waals surface area contributed by atoms with Gasteiger partial charge in [0.25, 0.3) is 5.56 Å². The summed E-state index contributed by atoms with van der Waals surface area (Å²) in [6, 6.07) is 13.8. The van der Waals surface area contributed by atoms with Crippen molar-refractivity contribution < 1.29 is 4.79 Å². The number of hydrogen-bond donors (Lipinski definition) is 0. The molecule has 1 amide bonds. The highest BCUT2D eigenvalue weighted by Gasteiger charge is 2.31. The summed E-state index contributed by atoms with van der Waals surface area (Å²) in [7, 11) is 0. The van der Waals surface area contributed by atoms with Crippen LogP contribution in [-0.2, 0) is 24.1 Å². The monoisotopic (exact) mass is 549 g/mol. The van der Waals surface area contributed by atoms with E-state index in [9.17, 15) is 9.59 Å². The highest BCUT2D eigenvalue weighted by molar-refractivity contribution is 7.99. The van der Waals surface area contributed by atoms with E-state index < -0.39 is 0 Å². The van der Waals surface area contributed by atoms with Crippen LogP contribution in [0.1, 0.15) is 41.8 Å². The van der Waals surface area contributed by atoms with Gasteiger partial charge < -0.3 is 4.90 Å². The molecule has 4 aromatic rings. The van der Waals surface area contributed by atoms with Crippen LogP contribution in [0.5, 0.6) is 0 Å². The first-order valence-electron chi connectivity index (χ1n) is 12.7. The van der Waals surface area contributed by atoms with E-state index in [1.54, 1.807) is 15.9 Å². The van der Waals surface area contributed by atoms with Crippen LogP contribution < -0.4 is 10.5 Å². The van der Waals surface area contributed by atoms with Crippen LogP contribution >= 0.6 is 34.7 Å². The molecular formula is C29H28ClN3O2S2. The second-order valence-corrected chi connectivity index (χ2v) is 12.7. The number of halogens is 1. The molecule has 5 nitrogen and oxygen atoms in total. The molecule has 0 saturated carbocycles. The summed E-state index contributed by atoms with van der Waals surface area (Å²) >= 11 is 9.43. The fraction of sp³-hybridized carbons (Fsp3) is 0.345. The lowest BCUT2D eigenvalue weighted by Crippen LogP contribution is -2.37. The first-order chi connectivity index (χ1) is 17.8. The molecule has 0 saturated heterocycles. The van der Waals surface area contributed by atoms with Crippen molar-refractivity contribution in [2.75, 3.05) is 10.7 Å². The van der Waals surface area contributed by atoms with Crippen molar-refractivity contribution in [3.05, 3.63) is 79.4 Å². The molecule has 6 rings (SSSR count). The molecule has 3 heterocycles. The maximum atomic E-state index is 14.1. The third-order valence-electron chi connectivity index (χ3n) is 7.51. The predicted molar refractivity (Wildman–Crippen MR) is 154 cm³/mol. The Bertz CT molecular complexity index is 1610. The van der Waals surface area contributed by atoms with E-state index in [1.165, 1.54) is 22.2 Å². The number of rotatable bonds is 4. The predicted octanol–water partition coefficient (Wildman–Crippen LogP) is 6.60. The number of thiophene rings is 1. The Morgan fingerprint density at radius 1 is 1.19 bits per heavy atom. The molecule has 2 atom stereocenters. The zero-order chi connectivity index (χ0) is 25.8. The summed E-state index contributed by atoms with van der Waals surface area (Å²) in [4.78, 5) is 36.4. The average Bonchev–Trinajstić information content (AvgIpc) is 3.40. The zero-order valence-corrected chi connectivity index (χ0v) is 23.5. The number of benzene rings is 2. The molecule has 190 valence electrons. The smallest absolute Gasteiger partial charge is 0.267 e. The van der Waals surface area contributed by atoms with Gasteiger partial charge in [-0.1, -0.05) is 54.6 Å².